The van der Waals surface area contributed by atoms with Gasteiger partial charge in [0.2, 0.25) is 0 Å². The van der Waals surface area contributed by atoms with Crippen molar-refractivity contribution in [1.29, 1.82) is 0 Å². The minimum atomic E-state index is 0.158. The third kappa shape index (κ3) is 2.43. The maximum Gasteiger partial charge on any atom is 0.140 e. The Bertz CT molecular complexity index is 588. The monoisotopic (exact) mass is 258 g/mol. The lowest BCUT2D eigenvalue weighted by Gasteiger charge is -2.12. The van der Waals surface area contributed by atoms with Crippen LogP contribution in [0.3, 0.4) is 0 Å². The lowest BCUT2D eigenvalue weighted by Crippen LogP contribution is -2.03. The van der Waals surface area contributed by atoms with Gasteiger partial charge in [-0.15, -0.1) is 0 Å². The van der Waals surface area contributed by atoms with E-state index in [0.717, 1.165) is 17.2 Å². The Morgan fingerprint density at radius 2 is 1.68 bits per heavy atom. The Morgan fingerprint density at radius 3 is 2.21 bits per heavy atom. The van der Waals surface area contributed by atoms with E-state index in [4.69, 9.17) is 10.1 Å². The predicted octanol–water partition coefficient (Wildman–Crippen LogP) is 2.86. The normalized spacial score (nSPS) is 11.1. The molecule has 3 nitrogen and oxygen atoms in total. The molecule has 0 atom stereocenters. The predicted molar refractivity (Wildman–Crippen MR) is 78.4 cm³/mol. The molecule has 1 heterocycles. The topological polar surface area (TPSA) is 38.1 Å². The van der Waals surface area contributed by atoms with Gasteiger partial charge in [-0.2, -0.15) is 0 Å². The summed E-state index contributed by atoms with van der Waals surface area (Å²) in [5.74, 6) is 0.996. The van der Waals surface area contributed by atoms with Gasteiger partial charge in [0.15, 0.2) is 0 Å². The maximum atomic E-state index is 9.15. The number of aliphatic hydroxyl groups excluding tert-OH is 1. The molecule has 0 unspecified atom stereocenters. The Hall–Kier alpha value is -1.61. The van der Waals surface area contributed by atoms with Gasteiger partial charge in [-0.3, -0.25) is 0 Å². The van der Waals surface area contributed by atoms with Gasteiger partial charge in [0.1, 0.15) is 5.82 Å². The Labute approximate surface area is 114 Å². The van der Waals surface area contributed by atoms with Crippen LogP contribution in [0.25, 0.3) is 11.4 Å². The minimum Gasteiger partial charge on any atom is -0.396 e. The molecule has 0 aliphatic heterocycles. The fourth-order valence-corrected chi connectivity index (χ4v) is 2.88. The zero-order valence-electron chi connectivity index (χ0n) is 12.4. The third-order valence-corrected chi connectivity index (χ3v) is 3.66. The van der Waals surface area contributed by atoms with E-state index >= 15 is 0 Å². The van der Waals surface area contributed by atoms with Crippen LogP contribution >= 0.6 is 0 Å². The molecule has 2 aromatic rings. The Kier molecular flexibility index (Phi) is 3.76. The Balaban J connectivity index is 2.63. The Morgan fingerprint density at radius 1 is 1.11 bits per heavy atom. The first kappa shape index (κ1) is 13.8. The number of imidazole rings is 1. The molecule has 0 aliphatic carbocycles. The van der Waals surface area contributed by atoms with Crippen molar-refractivity contribution in [2.75, 3.05) is 6.61 Å². The van der Waals surface area contributed by atoms with E-state index in [9.17, 15) is 0 Å². The molecule has 0 aliphatic rings. The number of aryl methyl sites for hydroxylation is 4. The van der Waals surface area contributed by atoms with E-state index in [1.807, 2.05) is 14.0 Å². The molecular formula is C16H22N2O. The highest BCUT2D eigenvalue weighted by molar-refractivity contribution is 5.66. The van der Waals surface area contributed by atoms with Gasteiger partial charge in [0.25, 0.3) is 0 Å². The molecule has 0 amide bonds. The second-order valence-electron chi connectivity index (χ2n) is 5.27. The van der Waals surface area contributed by atoms with Gasteiger partial charge in [-0.1, -0.05) is 17.7 Å². The van der Waals surface area contributed by atoms with Crippen LogP contribution in [0, 0.1) is 27.7 Å². The van der Waals surface area contributed by atoms with Crippen molar-refractivity contribution >= 4 is 0 Å². The van der Waals surface area contributed by atoms with Crippen molar-refractivity contribution in [2.24, 2.45) is 7.05 Å². The van der Waals surface area contributed by atoms with Gasteiger partial charge in [0, 0.05) is 31.3 Å². The van der Waals surface area contributed by atoms with Crippen LogP contribution in [0.2, 0.25) is 0 Å². The van der Waals surface area contributed by atoms with E-state index in [0.29, 0.717) is 6.42 Å². The number of hydrogen-bond acceptors (Lipinski definition) is 2. The van der Waals surface area contributed by atoms with Crippen molar-refractivity contribution in [3.05, 3.63) is 40.2 Å². The van der Waals surface area contributed by atoms with Gasteiger partial charge < -0.3 is 9.67 Å². The summed E-state index contributed by atoms with van der Waals surface area (Å²) in [6, 6.07) is 4.39. The second-order valence-corrected chi connectivity index (χ2v) is 5.27. The summed E-state index contributed by atoms with van der Waals surface area (Å²) in [6.07, 6.45) is 0.652. The molecule has 2 rings (SSSR count). The second kappa shape index (κ2) is 5.17. The van der Waals surface area contributed by atoms with Crippen LogP contribution in [0.15, 0.2) is 12.1 Å². The molecule has 0 spiro atoms. The van der Waals surface area contributed by atoms with Crippen molar-refractivity contribution in [1.82, 2.24) is 9.55 Å². The summed E-state index contributed by atoms with van der Waals surface area (Å²) in [5.41, 5.74) is 7.10. The zero-order valence-corrected chi connectivity index (χ0v) is 12.4. The highest BCUT2D eigenvalue weighted by Gasteiger charge is 2.16. The summed E-state index contributed by atoms with van der Waals surface area (Å²) in [5, 5.41) is 9.15. The van der Waals surface area contributed by atoms with Gasteiger partial charge in [-0.05, 0) is 38.8 Å². The lowest BCUT2D eigenvalue weighted by molar-refractivity contribution is 0.296. The molecule has 1 N–H and O–H groups in total. The molecule has 0 saturated carbocycles. The number of benzene rings is 1. The van der Waals surface area contributed by atoms with E-state index in [2.05, 4.69) is 37.5 Å². The van der Waals surface area contributed by atoms with Crippen LogP contribution in [0.1, 0.15) is 28.1 Å². The summed E-state index contributed by atoms with van der Waals surface area (Å²) < 4.78 is 2.11. The average Bonchev–Trinajstić information content (AvgIpc) is 2.56. The summed E-state index contributed by atoms with van der Waals surface area (Å²) >= 11 is 0. The largest absolute Gasteiger partial charge is 0.396 e. The van der Waals surface area contributed by atoms with Gasteiger partial charge >= 0.3 is 0 Å². The zero-order chi connectivity index (χ0) is 14.2. The summed E-state index contributed by atoms with van der Waals surface area (Å²) in [7, 11) is 2.03. The van der Waals surface area contributed by atoms with Crippen molar-refractivity contribution in [3.63, 3.8) is 0 Å². The fraction of sp³-hybridized carbons (Fsp3) is 0.438. The number of rotatable bonds is 3. The van der Waals surface area contributed by atoms with E-state index in [-0.39, 0.29) is 6.61 Å². The third-order valence-electron chi connectivity index (χ3n) is 3.66. The molecule has 102 valence electrons. The molecular weight excluding hydrogens is 236 g/mol. The average molecular weight is 258 g/mol. The minimum absolute atomic E-state index is 0.158. The van der Waals surface area contributed by atoms with E-state index < -0.39 is 0 Å². The number of nitrogens with zero attached hydrogens (tertiary/aromatic N) is 2. The van der Waals surface area contributed by atoms with Gasteiger partial charge in [0.05, 0.1) is 5.69 Å². The van der Waals surface area contributed by atoms with Crippen molar-refractivity contribution < 1.29 is 5.11 Å². The first-order valence-electron chi connectivity index (χ1n) is 6.67. The van der Waals surface area contributed by atoms with E-state index in [1.54, 1.807) is 0 Å². The smallest absolute Gasteiger partial charge is 0.140 e. The molecule has 3 heteroatoms. The van der Waals surface area contributed by atoms with Crippen molar-refractivity contribution in [2.45, 2.75) is 34.1 Å². The van der Waals surface area contributed by atoms with Crippen LogP contribution < -0.4 is 0 Å². The molecule has 19 heavy (non-hydrogen) atoms. The number of hydrogen-bond donors (Lipinski definition) is 1. The number of aromatic nitrogens is 2. The fourth-order valence-electron chi connectivity index (χ4n) is 2.88. The lowest BCUT2D eigenvalue weighted by atomic mass is 9.99. The summed E-state index contributed by atoms with van der Waals surface area (Å²) in [6.45, 7) is 8.54. The molecule has 0 bridgehead atoms. The summed E-state index contributed by atoms with van der Waals surface area (Å²) in [4.78, 5) is 4.70. The van der Waals surface area contributed by atoms with Crippen LogP contribution in [0.4, 0.5) is 0 Å². The molecule has 1 aromatic heterocycles. The van der Waals surface area contributed by atoms with Crippen molar-refractivity contribution in [3.8, 4) is 11.4 Å². The highest BCUT2D eigenvalue weighted by Crippen LogP contribution is 2.29. The first-order valence-corrected chi connectivity index (χ1v) is 6.67. The maximum absolute atomic E-state index is 9.15. The first-order chi connectivity index (χ1) is 8.95. The molecule has 0 saturated heterocycles. The highest BCUT2D eigenvalue weighted by atomic mass is 16.3. The number of aliphatic hydroxyl groups is 1. The quantitative estimate of drug-likeness (QED) is 0.919. The van der Waals surface area contributed by atoms with Crippen LogP contribution in [-0.4, -0.2) is 21.3 Å². The molecule has 0 fully saturated rings. The van der Waals surface area contributed by atoms with Crippen LogP contribution in [0.5, 0.6) is 0 Å². The molecule has 0 radical (unpaired) electrons. The van der Waals surface area contributed by atoms with Crippen LogP contribution in [-0.2, 0) is 13.5 Å². The van der Waals surface area contributed by atoms with Gasteiger partial charge in [-0.25, -0.2) is 4.98 Å². The SMILES string of the molecule is Cc1cc(C)c(-c2nc(C)c(CCO)n2C)c(C)c1. The standard InChI is InChI=1S/C16H22N2O/c1-10-8-11(2)15(12(3)9-10)16-17-13(4)14(6-7-19)18(16)5/h8-9,19H,6-7H2,1-5H3. The van der Waals surface area contributed by atoms with E-state index in [1.165, 1.54) is 22.3 Å². The molecule has 1 aromatic carbocycles.